The zero-order valence-electron chi connectivity index (χ0n) is 24.3. The Morgan fingerprint density at radius 2 is 1.56 bits per heavy atom. The molecule has 0 aromatic heterocycles. The number of fused-ring (bicyclic) bond motifs is 3. The van der Waals surface area contributed by atoms with Gasteiger partial charge in [-0.2, -0.15) is 0 Å². The van der Waals surface area contributed by atoms with Crippen LogP contribution in [0.5, 0.6) is 17.2 Å². The van der Waals surface area contributed by atoms with Gasteiger partial charge in [-0.3, -0.25) is 0 Å². The lowest BCUT2D eigenvalue weighted by Crippen LogP contribution is -2.31. The molecule has 0 spiro atoms. The predicted octanol–water partition coefficient (Wildman–Crippen LogP) is 3.41. The maximum absolute atomic E-state index is 6.42. The van der Waals surface area contributed by atoms with E-state index < -0.39 is 0 Å². The molecule has 2 aliphatic heterocycles. The SMILES string of the molecule is C=c1ccc2c(c1)Oc1cc(N(C)C)ccc1C=2c1ccc2c(c1)OCCOCCOCCOCCN2CCOC. The van der Waals surface area contributed by atoms with Crippen molar-refractivity contribution in [1.82, 2.24) is 0 Å². The van der Waals surface area contributed by atoms with E-state index >= 15 is 0 Å². The first-order valence-electron chi connectivity index (χ1n) is 14.1. The van der Waals surface area contributed by atoms with Crippen molar-refractivity contribution in [3.05, 3.63) is 76.2 Å². The van der Waals surface area contributed by atoms with E-state index in [1.54, 1.807) is 7.11 Å². The standard InChI is InChI=1S/C33H40N2O6/c1-24-5-8-27-30(21-24)41-31-23-26(34(2)3)7-9-28(31)33(27)25-6-10-29-32(22-25)40-20-19-39-18-17-38-16-15-37-14-12-35(29)11-13-36-4/h5-10,21-23H,1,11-20H2,2-4H3. The van der Waals surface area contributed by atoms with E-state index in [0.717, 1.165) is 55.8 Å². The molecule has 3 aromatic rings. The second-order valence-corrected chi connectivity index (χ2v) is 10.2. The maximum Gasteiger partial charge on any atom is 0.143 e. The van der Waals surface area contributed by atoms with Crippen molar-refractivity contribution in [2.75, 3.05) is 96.9 Å². The number of benzene rings is 3. The van der Waals surface area contributed by atoms with E-state index in [-0.39, 0.29) is 0 Å². The van der Waals surface area contributed by atoms with Gasteiger partial charge in [-0.25, -0.2) is 0 Å². The van der Waals surface area contributed by atoms with Crippen LogP contribution in [0.3, 0.4) is 0 Å². The molecule has 8 nitrogen and oxygen atoms in total. The smallest absolute Gasteiger partial charge is 0.143 e. The van der Waals surface area contributed by atoms with Crippen LogP contribution in [0.15, 0.2) is 54.6 Å². The molecule has 0 N–H and O–H groups in total. The van der Waals surface area contributed by atoms with Crippen LogP contribution >= 0.6 is 0 Å². The summed E-state index contributed by atoms with van der Waals surface area (Å²) in [6.45, 7) is 9.73. The monoisotopic (exact) mass is 560 g/mol. The Bertz CT molecular complexity index is 1440. The molecule has 0 saturated heterocycles. The molecule has 0 aliphatic carbocycles. The quantitative estimate of drug-likeness (QED) is 0.368. The average Bonchev–Trinajstić information content (AvgIpc) is 2.98. The lowest BCUT2D eigenvalue weighted by molar-refractivity contribution is 0.0110. The van der Waals surface area contributed by atoms with Gasteiger partial charge >= 0.3 is 0 Å². The molecular weight excluding hydrogens is 520 g/mol. The van der Waals surface area contributed by atoms with E-state index in [0.29, 0.717) is 65.9 Å². The number of nitrogens with zero attached hydrogens (tertiary/aromatic N) is 2. The highest BCUT2D eigenvalue weighted by Crippen LogP contribution is 2.40. The summed E-state index contributed by atoms with van der Waals surface area (Å²) in [6, 6.07) is 18.9. The van der Waals surface area contributed by atoms with Crippen LogP contribution in [-0.4, -0.2) is 87.1 Å². The lowest BCUT2D eigenvalue weighted by Gasteiger charge is -2.28. The van der Waals surface area contributed by atoms with Gasteiger partial charge in [-0.05, 0) is 41.1 Å². The lowest BCUT2D eigenvalue weighted by atomic mass is 9.92. The molecule has 41 heavy (non-hydrogen) atoms. The summed E-state index contributed by atoms with van der Waals surface area (Å²) in [4.78, 5) is 4.32. The fraction of sp³-hybridized carbons (Fsp3) is 0.394. The Balaban J connectivity index is 1.60. The first-order chi connectivity index (χ1) is 20.0. The molecule has 2 aliphatic rings. The summed E-state index contributed by atoms with van der Waals surface area (Å²) in [6.07, 6.45) is 0. The van der Waals surface area contributed by atoms with Gasteiger partial charge in [0.25, 0.3) is 0 Å². The van der Waals surface area contributed by atoms with Gasteiger partial charge in [-0.1, -0.05) is 24.8 Å². The van der Waals surface area contributed by atoms with Gasteiger partial charge in [0.05, 0.1) is 51.9 Å². The average molecular weight is 561 g/mol. The molecular formula is C33H40N2O6. The zero-order valence-corrected chi connectivity index (χ0v) is 24.3. The third kappa shape index (κ3) is 7.02. The number of rotatable bonds is 5. The molecule has 0 amide bonds. The van der Waals surface area contributed by atoms with Crippen molar-refractivity contribution in [2.45, 2.75) is 0 Å². The van der Waals surface area contributed by atoms with Crippen molar-refractivity contribution in [1.29, 1.82) is 0 Å². The highest BCUT2D eigenvalue weighted by atomic mass is 16.6. The van der Waals surface area contributed by atoms with Crippen molar-refractivity contribution in [3.63, 3.8) is 0 Å². The number of ether oxygens (including phenoxy) is 6. The van der Waals surface area contributed by atoms with Gasteiger partial charge in [0.15, 0.2) is 0 Å². The van der Waals surface area contributed by atoms with Crippen molar-refractivity contribution in [3.8, 4) is 17.2 Å². The second kappa shape index (κ2) is 13.9. The molecule has 8 heteroatoms. The van der Waals surface area contributed by atoms with Gasteiger partial charge in [-0.15, -0.1) is 0 Å². The summed E-state index contributed by atoms with van der Waals surface area (Å²) in [5, 5.41) is 1.92. The predicted molar refractivity (Wildman–Crippen MR) is 162 cm³/mol. The number of methoxy groups -OCH3 is 1. The number of hydrogen-bond acceptors (Lipinski definition) is 8. The summed E-state index contributed by atoms with van der Waals surface area (Å²) in [7, 11) is 5.78. The van der Waals surface area contributed by atoms with Crippen LogP contribution < -0.4 is 29.7 Å². The van der Waals surface area contributed by atoms with E-state index in [1.165, 1.54) is 0 Å². The highest BCUT2D eigenvalue weighted by Gasteiger charge is 2.23. The minimum absolute atomic E-state index is 0.424. The first kappa shape index (κ1) is 29.0. The van der Waals surface area contributed by atoms with E-state index in [4.69, 9.17) is 28.4 Å². The maximum atomic E-state index is 6.42. The van der Waals surface area contributed by atoms with Crippen LogP contribution in [0.2, 0.25) is 0 Å². The molecule has 218 valence electrons. The highest BCUT2D eigenvalue weighted by molar-refractivity contribution is 5.87. The van der Waals surface area contributed by atoms with Crippen LogP contribution in [0.25, 0.3) is 12.2 Å². The van der Waals surface area contributed by atoms with E-state index in [2.05, 4.69) is 58.8 Å². The van der Waals surface area contributed by atoms with Crippen LogP contribution in [0.4, 0.5) is 11.4 Å². The molecule has 0 fully saturated rings. The minimum atomic E-state index is 0.424. The Morgan fingerprint density at radius 3 is 2.32 bits per heavy atom. The fourth-order valence-corrected chi connectivity index (χ4v) is 5.04. The number of anilines is 2. The Morgan fingerprint density at radius 1 is 0.805 bits per heavy atom. The Labute approximate surface area is 242 Å². The summed E-state index contributed by atoms with van der Waals surface area (Å²) in [5.41, 5.74) is 5.23. The first-order valence-corrected chi connectivity index (χ1v) is 14.1. The van der Waals surface area contributed by atoms with Gasteiger partial charge in [0.2, 0.25) is 0 Å². The van der Waals surface area contributed by atoms with Gasteiger partial charge in [0, 0.05) is 62.4 Å². The Hall–Kier alpha value is -3.56. The molecule has 0 atom stereocenters. The normalized spacial score (nSPS) is 16.3. The van der Waals surface area contributed by atoms with Crippen LogP contribution in [0.1, 0.15) is 11.1 Å². The summed E-state index contributed by atoms with van der Waals surface area (Å²) in [5.74, 6) is 2.40. The largest absolute Gasteiger partial charge is 0.489 e. The van der Waals surface area contributed by atoms with Crippen LogP contribution in [0, 0.1) is 0 Å². The zero-order chi connectivity index (χ0) is 28.6. The van der Waals surface area contributed by atoms with Gasteiger partial charge in [0.1, 0.15) is 23.9 Å². The third-order valence-corrected chi connectivity index (χ3v) is 7.18. The van der Waals surface area contributed by atoms with Crippen molar-refractivity contribution in [2.24, 2.45) is 0 Å². The molecule has 0 unspecified atom stereocenters. The molecule has 2 heterocycles. The van der Waals surface area contributed by atoms with Crippen molar-refractivity contribution >= 4 is 23.5 Å². The molecule has 0 saturated carbocycles. The summed E-state index contributed by atoms with van der Waals surface area (Å²) >= 11 is 0. The van der Waals surface area contributed by atoms with E-state index in [9.17, 15) is 0 Å². The molecule has 5 rings (SSSR count). The fourth-order valence-electron chi connectivity index (χ4n) is 5.04. The molecule has 3 aromatic carbocycles. The minimum Gasteiger partial charge on any atom is -0.489 e. The van der Waals surface area contributed by atoms with Gasteiger partial charge < -0.3 is 38.2 Å². The molecule has 0 bridgehead atoms. The summed E-state index contributed by atoms with van der Waals surface area (Å²) < 4.78 is 35.4. The van der Waals surface area contributed by atoms with E-state index in [1.807, 2.05) is 26.2 Å². The molecule has 0 radical (unpaired) electrons. The topological polar surface area (TPSA) is 61.9 Å². The van der Waals surface area contributed by atoms with Crippen LogP contribution in [-0.2, 0) is 18.9 Å². The van der Waals surface area contributed by atoms with Crippen molar-refractivity contribution < 1.29 is 28.4 Å². The number of hydrogen-bond donors (Lipinski definition) is 0. The third-order valence-electron chi connectivity index (χ3n) is 7.18. The second-order valence-electron chi connectivity index (χ2n) is 10.2. The Kier molecular flexibility index (Phi) is 9.80.